The molecule has 0 heterocycles. The number of aliphatic hydroxyl groups is 1. The first kappa shape index (κ1) is 98.4. The lowest BCUT2D eigenvalue weighted by Gasteiger charge is -2.21. The lowest BCUT2D eigenvalue weighted by molar-refractivity contribution is -0.161. The summed E-state index contributed by atoms with van der Waals surface area (Å²) in [5, 5.41) is 10.6. The fourth-order valence-corrected chi connectivity index (χ4v) is 11.3. The van der Waals surface area contributed by atoms with Gasteiger partial charge in [0.2, 0.25) is 0 Å². The van der Waals surface area contributed by atoms with E-state index in [9.17, 15) is 43.2 Å². The third kappa shape index (κ3) is 74.7. The monoisotopic (exact) mass is 1490 g/mol. The Labute approximate surface area is 629 Å². The first-order chi connectivity index (χ1) is 50.7. The van der Waals surface area contributed by atoms with E-state index in [1.165, 1.54) is 38.5 Å². The van der Waals surface area contributed by atoms with Gasteiger partial charge in [0.15, 0.2) is 12.2 Å². The van der Waals surface area contributed by atoms with Crippen LogP contribution >= 0.6 is 15.6 Å². The van der Waals surface area contributed by atoms with Crippen molar-refractivity contribution in [1.29, 1.82) is 0 Å². The van der Waals surface area contributed by atoms with E-state index < -0.39 is 97.5 Å². The van der Waals surface area contributed by atoms with Gasteiger partial charge in [0, 0.05) is 25.7 Å². The Hall–Kier alpha value is -5.58. The maximum Gasteiger partial charge on any atom is 0.472 e. The van der Waals surface area contributed by atoms with Crippen molar-refractivity contribution in [2.45, 2.75) is 303 Å². The van der Waals surface area contributed by atoms with Crippen LogP contribution in [0.1, 0.15) is 285 Å². The molecule has 0 saturated carbocycles. The number of hydrogen-bond donors (Lipinski definition) is 3. The van der Waals surface area contributed by atoms with Gasteiger partial charge in [-0.05, 0) is 173 Å². The van der Waals surface area contributed by atoms with Crippen molar-refractivity contribution in [2.24, 2.45) is 0 Å². The second kappa shape index (κ2) is 75.6. The summed E-state index contributed by atoms with van der Waals surface area (Å²) in [6.07, 6.45) is 89.2. The van der Waals surface area contributed by atoms with Crippen LogP contribution in [-0.4, -0.2) is 96.7 Å². The number of carbonyl (C=O) groups is 4. The molecule has 5 atom stereocenters. The van der Waals surface area contributed by atoms with Crippen LogP contribution in [-0.2, 0) is 65.4 Å². The quantitative estimate of drug-likeness (QED) is 0.0169. The molecule has 17 nitrogen and oxygen atoms in total. The molecule has 3 N–H and O–H groups in total. The molecule has 5 unspecified atom stereocenters. The largest absolute Gasteiger partial charge is 0.472 e. The lowest BCUT2D eigenvalue weighted by Crippen LogP contribution is -2.30. The van der Waals surface area contributed by atoms with Crippen LogP contribution in [0.15, 0.2) is 170 Å². The highest BCUT2D eigenvalue weighted by molar-refractivity contribution is 7.47. The Bertz CT molecular complexity index is 2640. The van der Waals surface area contributed by atoms with Crippen LogP contribution in [0.25, 0.3) is 0 Å². The average Bonchev–Trinajstić information content (AvgIpc) is 0.918. The Kier molecular flexibility index (Phi) is 71.6. The molecule has 0 spiro atoms. The van der Waals surface area contributed by atoms with Crippen LogP contribution in [0, 0.1) is 0 Å². The zero-order valence-corrected chi connectivity index (χ0v) is 66.2. The van der Waals surface area contributed by atoms with Gasteiger partial charge in [-0.3, -0.25) is 37.3 Å². The molecular formula is C85H138O17P2. The third-order valence-corrected chi connectivity index (χ3v) is 17.6. The zero-order valence-electron chi connectivity index (χ0n) is 64.4. The summed E-state index contributed by atoms with van der Waals surface area (Å²) in [7, 11) is -10.0. The predicted octanol–water partition coefficient (Wildman–Crippen LogP) is 23.0. The highest BCUT2D eigenvalue weighted by Gasteiger charge is 2.30. The molecule has 0 rings (SSSR count). The lowest BCUT2D eigenvalue weighted by atomic mass is 10.1. The summed E-state index contributed by atoms with van der Waals surface area (Å²) in [4.78, 5) is 73.0. The van der Waals surface area contributed by atoms with Crippen molar-refractivity contribution in [3.05, 3.63) is 170 Å². The van der Waals surface area contributed by atoms with Crippen molar-refractivity contribution in [1.82, 2.24) is 0 Å². The minimum atomic E-state index is -5.01. The predicted molar refractivity (Wildman–Crippen MR) is 426 cm³/mol. The molecule has 0 aliphatic rings. The van der Waals surface area contributed by atoms with Gasteiger partial charge in [-0.15, -0.1) is 0 Å². The number of aliphatic hydroxyl groups excluding tert-OH is 1. The smallest absolute Gasteiger partial charge is 0.462 e. The molecule has 0 fully saturated rings. The van der Waals surface area contributed by atoms with E-state index in [0.717, 1.165) is 161 Å². The summed E-state index contributed by atoms with van der Waals surface area (Å²) in [5.74, 6) is -2.33. The second-order valence-electron chi connectivity index (χ2n) is 25.5. The zero-order chi connectivity index (χ0) is 76.0. The van der Waals surface area contributed by atoms with E-state index in [-0.39, 0.29) is 25.7 Å². The van der Waals surface area contributed by atoms with Crippen molar-refractivity contribution in [3.63, 3.8) is 0 Å². The van der Waals surface area contributed by atoms with Gasteiger partial charge in [0.25, 0.3) is 0 Å². The summed E-state index contributed by atoms with van der Waals surface area (Å²) < 4.78 is 68.5. The molecule has 0 aliphatic carbocycles. The molecule has 0 aromatic heterocycles. The van der Waals surface area contributed by atoms with E-state index in [0.29, 0.717) is 32.1 Å². The topological polar surface area (TPSA) is 237 Å². The van der Waals surface area contributed by atoms with Gasteiger partial charge in [-0.1, -0.05) is 256 Å². The summed E-state index contributed by atoms with van der Waals surface area (Å²) >= 11 is 0. The van der Waals surface area contributed by atoms with E-state index in [4.69, 9.17) is 37.0 Å². The highest BCUT2D eigenvalue weighted by atomic mass is 31.2. The maximum absolute atomic E-state index is 13.1. The van der Waals surface area contributed by atoms with Crippen LogP contribution in [0.2, 0.25) is 0 Å². The van der Waals surface area contributed by atoms with E-state index in [2.05, 4.69) is 198 Å². The van der Waals surface area contributed by atoms with Crippen LogP contribution < -0.4 is 0 Å². The maximum atomic E-state index is 13.1. The number of allylic oxidation sites excluding steroid dienone is 28. The minimum Gasteiger partial charge on any atom is -0.462 e. The molecule has 19 heteroatoms. The molecule has 0 bridgehead atoms. The number of rotatable bonds is 72. The summed E-state index contributed by atoms with van der Waals surface area (Å²) in [6.45, 7) is 4.36. The van der Waals surface area contributed by atoms with Gasteiger partial charge >= 0.3 is 39.5 Å². The van der Waals surface area contributed by atoms with Gasteiger partial charge in [0.1, 0.15) is 19.3 Å². The van der Waals surface area contributed by atoms with Crippen molar-refractivity contribution < 1.29 is 80.2 Å². The number of esters is 4. The van der Waals surface area contributed by atoms with Gasteiger partial charge in [0.05, 0.1) is 26.4 Å². The Morgan fingerprint density at radius 2 is 0.500 bits per heavy atom. The first-order valence-corrected chi connectivity index (χ1v) is 42.4. The molecule has 0 amide bonds. The Balaban J connectivity index is 5.48. The van der Waals surface area contributed by atoms with Crippen LogP contribution in [0.3, 0.4) is 0 Å². The molecule has 0 aromatic rings. The van der Waals surface area contributed by atoms with E-state index >= 15 is 0 Å². The van der Waals surface area contributed by atoms with Crippen LogP contribution in [0.5, 0.6) is 0 Å². The highest BCUT2D eigenvalue weighted by Crippen LogP contribution is 2.45. The number of carbonyl (C=O) groups excluding carboxylic acids is 4. The fourth-order valence-electron chi connectivity index (χ4n) is 9.75. The van der Waals surface area contributed by atoms with Crippen LogP contribution in [0.4, 0.5) is 0 Å². The van der Waals surface area contributed by atoms with E-state index in [1.54, 1.807) is 0 Å². The third-order valence-electron chi connectivity index (χ3n) is 15.7. The van der Waals surface area contributed by atoms with Crippen molar-refractivity contribution in [2.75, 3.05) is 39.6 Å². The fraction of sp³-hybridized carbons (Fsp3) is 0.624. The summed E-state index contributed by atoms with van der Waals surface area (Å²) in [6, 6.07) is 0. The Morgan fingerprint density at radius 1 is 0.279 bits per heavy atom. The molecule has 0 aliphatic heterocycles. The molecule has 104 heavy (non-hydrogen) atoms. The first-order valence-electron chi connectivity index (χ1n) is 39.4. The van der Waals surface area contributed by atoms with Crippen molar-refractivity contribution in [3.8, 4) is 0 Å². The second-order valence-corrected chi connectivity index (χ2v) is 28.4. The number of ether oxygens (including phenoxy) is 4. The van der Waals surface area contributed by atoms with E-state index in [1.807, 2.05) is 0 Å². The standard InChI is InChI=1S/C85H138O17P2/c1-5-9-13-17-21-25-29-33-37-38-39-40-44-46-50-54-58-62-66-70-83(88)96-76-81(102-85(90)72-68-64-60-56-52-48-43-36-32-28-24-20-16-12-8-4)78-100-104(93,94)98-74-79(86)73-97-103(91,92)99-77-80(101-84(89)71-67-63-59-55-51-47-42-35-31-27-23-19-15-11-7-3)75-95-82(87)69-65-61-57-53-49-45-41-34-30-26-22-18-14-10-6-2/h9-10,12-14,16,21-22,24-26,28,33-37,39-43,46,49-50,52-53,56,79-81,86H,5-8,11,15,17-20,23,27,29-32,38,44-45,47-48,51,54-55,57-78H2,1-4H3,(H,91,92)(H,93,94)/b13-9-,14-10-,16-12-,25-21-,26-22-,28-24-,37-33-,40-39-,41-34-,42-35-,43-36-,50-46-,53-49-,56-52-. The molecule has 590 valence electrons. The minimum absolute atomic E-state index is 0.0276. The molecule has 0 radical (unpaired) electrons. The number of unbranched alkanes of at least 4 members (excludes halogenated alkanes) is 18. The average molecular weight is 1490 g/mol. The normalized spacial score (nSPS) is 14.8. The SMILES string of the molecule is CC/C=C\C/C=C\C/C=C\C/C=C\C/C=C\CCCCCC(=O)OCC(COP(=O)(O)OCC(O)COP(=O)(O)OCC(COC(=O)CCCC/C=C\C/C=C\C/C=C\C/C=C\CC)OC(=O)CCCCCCC/C=C\CCCCCCCC)OC(=O)CCCC/C=C\C/C=C\C/C=C\C/C=C\CC. The van der Waals surface area contributed by atoms with Gasteiger partial charge in [-0.2, -0.15) is 0 Å². The molecule has 0 saturated heterocycles. The Morgan fingerprint density at radius 3 is 0.808 bits per heavy atom. The molecule has 0 aromatic carbocycles. The summed E-state index contributed by atoms with van der Waals surface area (Å²) in [5.41, 5.74) is 0. The van der Waals surface area contributed by atoms with Gasteiger partial charge in [-0.25, -0.2) is 9.13 Å². The number of phosphoric ester groups is 2. The molecular weight excluding hydrogens is 1350 g/mol. The number of hydrogen-bond acceptors (Lipinski definition) is 15. The number of phosphoric acid groups is 2. The van der Waals surface area contributed by atoms with Gasteiger partial charge < -0.3 is 33.8 Å². The van der Waals surface area contributed by atoms with Crippen molar-refractivity contribution >= 4 is 39.5 Å².